The second kappa shape index (κ2) is 10.1. The second-order valence-corrected chi connectivity index (χ2v) is 12.4. The van der Waals surface area contributed by atoms with Gasteiger partial charge in [0, 0.05) is 56.0 Å². The summed E-state index contributed by atoms with van der Waals surface area (Å²) < 4.78 is 1.93. The lowest BCUT2D eigenvalue weighted by molar-refractivity contribution is 0.0623. The van der Waals surface area contributed by atoms with Gasteiger partial charge in [-0.25, -0.2) is 0 Å². The highest BCUT2D eigenvalue weighted by Crippen LogP contribution is 2.39. The standard InChI is InChI=1S/C30H34N4O3S/c1-19-11-20(2)15-33(14-19)30(37)22-8-9-26(24(13-22)31-29(36)27-6-4-10-38-27)32-16-21-12-23(18-32)25-5-3-7-28(35)34(25)17-21/h3-10,13,19-21,23H,11-12,14-18H2,1-2H3,(H,31,36)/t19-,20-,21+,23-/m0/s1. The summed E-state index contributed by atoms with van der Waals surface area (Å²) in [6.07, 6.45) is 2.19. The topological polar surface area (TPSA) is 74.7 Å². The smallest absolute Gasteiger partial charge is 0.265 e. The zero-order valence-corrected chi connectivity index (χ0v) is 22.7. The number of pyridine rings is 1. The zero-order valence-electron chi connectivity index (χ0n) is 21.9. The number of rotatable bonds is 4. The van der Waals surface area contributed by atoms with Crippen LogP contribution in [0.2, 0.25) is 0 Å². The molecule has 2 amide bonds. The zero-order chi connectivity index (χ0) is 26.4. The van der Waals surface area contributed by atoms with Crippen molar-refractivity contribution in [2.45, 2.75) is 39.2 Å². The van der Waals surface area contributed by atoms with Crippen LogP contribution in [0, 0.1) is 17.8 Å². The van der Waals surface area contributed by atoms with Crippen molar-refractivity contribution in [3.05, 3.63) is 80.4 Å². The lowest BCUT2D eigenvalue weighted by atomic mass is 9.83. The molecule has 1 N–H and O–H groups in total. The van der Waals surface area contributed by atoms with E-state index < -0.39 is 0 Å². The minimum atomic E-state index is -0.167. The highest BCUT2D eigenvalue weighted by atomic mass is 32.1. The number of benzene rings is 1. The number of likely N-dealkylation sites (tertiary alicyclic amines) is 1. The molecule has 1 aromatic carbocycles. The number of amides is 2. The molecule has 3 aliphatic heterocycles. The predicted octanol–water partition coefficient (Wildman–Crippen LogP) is 4.90. The van der Waals surface area contributed by atoms with Crippen molar-refractivity contribution in [1.82, 2.24) is 9.47 Å². The van der Waals surface area contributed by atoms with Gasteiger partial charge in [-0.2, -0.15) is 0 Å². The average Bonchev–Trinajstić information content (AvgIpc) is 3.44. The minimum absolute atomic E-state index is 0.0189. The van der Waals surface area contributed by atoms with Crippen LogP contribution in [-0.2, 0) is 6.54 Å². The Labute approximate surface area is 227 Å². The summed E-state index contributed by atoms with van der Waals surface area (Å²) in [6, 6.07) is 15.0. The Morgan fingerprint density at radius 2 is 1.74 bits per heavy atom. The van der Waals surface area contributed by atoms with Gasteiger partial charge in [-0.3, -0.25) is 14.4 Å². The lowest BCUT2D eigenvalue weighted by Gasteiger charge is -2.44. The molecular weight excluding hydrogens is 496 g/mol. The number of thiophene rings is 1. The highest BCUT2D eigenvalue weighted by molar-refractivity contribution is 7.12. The maximum atomic E-state index is 13.5. The van der Waals surface area contributed by atoms with Crippen molar-refractivity contribution in [3.8, 4) is 0 Å². The van der Waals surface area contributed by atoms with Crippen molar-refractivity contribution in [2.75, 3.05) is 36.4 Å². The summed E-state index contributed by atoms with van der Waals surface area (Å²) in [4.78, 5) is 44.1. The number of nitrogens with zero attached hydrogens (tertiary/aromatic N) is 3. The third-order valence-electron chi connectivity index (χ3n) is 8.21. The number of anilines is 2. The van der Waals surface area contributed by atoms with Crippen molar-refractivity contribution in [1.29, 1.82) is 0 Å². The van der Waals surface area contributed by atoms with Crippen LogP contribution in [0.3, 0.4) is 0 Å². The van der Waals surface area contributed by atoms with E-state index in [-0.39, 0.29) is 23.3 Å². The fourth-order valence-corrected chi connectivity index (χ4v) is 7.36. The molecule has 2 aromatic heterocycles. The molecule has 0 radical (unpaired) electrons. The van der Waals surface area contributed by atoms with Gasteiger partial charge in [-0.15, -0.1) is 11.3 Å². The van der Waals surface area contributed by atoms with Gasteiger partial charge in [0.15, 0.2) is 0 Å². The summed E-state index contributed by atoms with van der Waals surface area (Å²) in [5.41, 5.74) is 3.35. The molecule has 5 heterocycles. The normalized spacial score (nSPS) is 24.6. The van der Waals surface area contributed by atoms with Gasteiger partial charge in [-0.05, 0) is 66.3 Å². The molecule has 3 aromatic rings. The summed E-state index contributed by atoms with van der Waals surface area (Å²) in [7, 11) is 0. The number of piperidine rings is 2. The Morgan fingerprint density at radius 1 is 0.921 bits per heavy atom. The van der Waals surface area contributed by atoms with Gasteiger partial charge in [-0.1, -0.05) is 26.0 Å². The molecule has 6 rings (SSSR count). The van der Waals surface area contributed by atoms with Crippen LogP contribution >= 0.6 is 11.3 Å². The third kappa shape index (κ3) is 4.77. The monoisotopic (exact) mass is 530 g/mol. The van der Waals surface area contributed by atoms with Crippen molar-refractivity contribution < 1.29 is 9.59 Å². The van der Waals surface area contributed by atoms with Gasteiger partial charge >= 0.3 is 0 Å². The van der Waals surface area contributed by atoms with Crippen LogP contribution in [0.15, 0.2) is 58.7 Å². The molecule has 4 atom stereocenters. The molecular formula is C30H34N4O3S. The lowest BCUT2D eigenvalue weighted by Crippen LogP contribution is -2.47. The van der Waals surface area contributed by atoms with E-state index in [2.05, 4.69) is 30.1 Å². The van der Waals surface area contributed by atoms with Crippen LogP contribution < -0.4 is 15.8 Å². The molecule has 198 valence electrons. The molecule has 38 heavy (non-hydrogen) atoms. The summed E-state index contributed by atoms with van der Waals surface area (Å²) in [6.45, 7) is 8.19. The Hall–Kier alpha value is -3.39. The fourth-order valence-electron chi connectivity index (χ4n) is 6.74. The van der Waals surface area contributed by atoms with E-state index in [1.165, 1.54) is 11.3 Å². The number of carbonyl (C=O) groups is 2. The van der Waals surface area contributed by atoms with E-state index in [0.29, 0.717) is 40.4 Å². The van der Waals surface area contributed by atoms with Gasteiger partial charge in [0.1, 0.15) is 0 Å². The molecule has 7 nitrogen and oxygen atoms in total. The second-order valence-electron chi connectivity index (χ2n) is 11.4. The molecule has 3 aliphatic rings. The average molecular weight is 531 g/mol. The molecule has 0 spiro atoms. The molecule has 0 saturated carbocycles. The van der Waals surface area contributed by atoms with E-state index in [1.54, 1.807) is 6.07 Å². The van der Waals surface area contributed by atoms with Gasteiger partial charge in [0.05, 0.1) is 16.3 Å². The Kier molecular flexibility index (Phi) is 6.60. The molecule has 2 bridgehead atoms. The van der Waals surface area contributed by atoms with E-state index in [1.807, 2.05) is 51.2 Å². The highest BCUT2D eigenvalue weighted by Gasteiger charge is 2.35. The number of fused-ring (bicyclic) bond motifs is 4. The van der Waals surface area contributed by atoms with Crippen LogP contribution in [-0.4, -0.2) is 47.5 Å². The predicted molar refractivity (Wildman–Crippen MR) is 151 cm³/mol. The van der Waals surface area contributed by atoms with Crippen molar-refractivity contribution in [3.63, 3.8) is 0 Å². The van der Waals surface area contributed by atoms with Crippen molar-refractivity contribution in [2.24, 2.45) is 17.8 Å². The maximum absolute atomic E-state index is 13.5. The van der Waals surface area contributed by atoms with E-state index in [0.717, 1.165) is 50.4 Å². The minimum Gasteiger partial charge on any atom is -0.369 e. The molecule has 2 fully saturated rings. The molecule has 0 unspecified atom stereocenters. The van der Waals surface area contributed by atoms with E-state index in [9.17, 15) is 14.4 Å². The van der Waals surface area contributed by atoms with Gasteiger partial charge in [0.25, 0.3) is 17.4 Å². The first-order valence-electron chi connectivity index (χ1n) is 13.6. The number of hydrogen-bond acceptors (Lipinski definition) is 5. The van der Waals surface area contributed by atoms with Crippen LogP contribution in [0.1, 0.15) is 58.3 Å². The fraction of sp³-hybridized carbons (Fsp3) is 0.433. The Balaban J connectivity index is 1.33. The molecule has 0 aliphatic carbocycles. The summed E-state index contributed by atoms with van der Waals surface area (Å²) in [5, 5.41) is 5.01. The van der Waals surface area contributed by atoms with Crippen LogP contribution in [0.4, 0.5) is 11.4 Å². The number of carbonyl (C=O) groups excluding carboxylic acids is 2. The quantitative estimate of drug-likeness (QED) is 0.521. The van der Waals surface area contributed by atoms with E-state index >= 15 is 0 Å². The first-order valence-corrected chi connectivity index (χ1v) is 14.5. The van der Waals surface area contributed by atoms with E-state index in [4.69, 9.17) is 0 Å². The summed E-state index contributed by atoms with van der Waals surface area (Å²) >= 11 is 1.40. The van der Waals surface area contributed by atoms with Crippen molar-refractivity contribution >= 4 is 34.5 Å². The SMILES string of the molecule is C[C@H]1C[C@H](C)CN(C(=O)c2ccc(N3C[C@H]4C[C@@H](C3)c3cccc(=O)n3C4)c(NC(=O)c3cccs3)c2)C1. The number of aromatic nitrogens is 1. The largest absolute Gasteiger partial charge is 0.369 e. The third-order valence-corrected chi connectivity index (χ3v) is 9.08. The summed E-state index contributed by atoms with van der Waals surface area (Å²) in [5.74, 6) is 1.39. The first-order chi connectivity index (χ1) is 18.4. The van der Waals surface area contributed by atoms with Crippen LogP contribution in [0.25, 0.3) is 0 Å². The van der Waals surface area contributed by atoms with Crippen LogP contribution in [0.5, 0.6) is 0 Å². The van der Waals surface area contributed by atoms with Gasteiger partial charge < -0.3 is 19.7 Å². The molecule has 8 heteroatoms. The van der Waals surface area contributed by atoms with Gasteiger partial charge in [0.2, 0.25) is 0 Å². The Morgan fingerprint density at radius 3 is 2.50 bits per heavy atom. The first kappa shape index (κ1) is 24.9. The number of hydrogen-bond donors (Lipinski definition) is 1. The molecule has 2 saturated heterocycles. The maximum Gasteiger partial charge on any atom is 0.265 e. The number of nitrogens with one attached hydrogen (secondary N) is 1. The Bertz CT molecular complexity index is 1410.